The lowest BCUT2D eigenvalue weighted by atomic mass is 10.0. The fourth-order valence-electron chi connectivity index (χ4n) is 1.94. The van der Waals surface area contributed by atoms with Crippen LogP contribution in [0, 0.1) is 11.8 Å². The molecule has 2 rings (SSSR count). The molecule has 2 aromatic carbocycles. The number of ether oxygens (including phenoxy) is 1. The molecule has 2 heteroatoms. The van der Waals surface area contributed by atoms with Crippen molar-refractivity contribution < 1.29 is 9.84 Å². The second-order valence-corrected chi connectivity index (χ2v) is 5.17. The molecule has 108 valence electrons. The molecule has 21 heavy (non-hydrogen) atoms. The highest BCUT2D eigenvalue weighted by molar-refractivity contribution is 5.38. The van der Waals surface area contributed by atoms with Crippen LogP contribution in [0.3, 0.4) is 0 Å². The van der Waals surface area contributed by atoms with Gasteiger partial charge in [-0.25, -0.2) is 0 Å². The van der Waals surface area contributed by atoms with E-state index in [1.54, 1.807) is 0 Å². The van der Waals surface area contributed by atoms with E-state index in [0.717, 1.165) is 16.9 Å². The number of hydrogen-bond donors (Lipinski definition) is 1. The predicted molar refractivity (Wildman–Crippen MR) is 85.3 cm³/mol. The minimum absolute atomic E-state index is 0.120. The average Bonchev–Trinajstić information content (AvgIpc) is 2.52. The van der Waals surface area contributed by atoms with Gasteiger partial charge in [0, 0.05) is 5.56 Å². The topological polar surface area (TPSA) is 29.5 Å². The van der Waals surface area contributed by atoms with E-state index in [1.807, 2.05) is 24.3 Å². The van der Waals surface area contributed by atoms with Crippen LogP contribution in [0.2, 0.25) is 0 Å². The normalized spacial score (nSPS) is 10.1. The van der Waals surface area contributed by atoms with E-state index in [0.29, 0.717) is 12.5 Å². The third-order valence-corrected chi connectivity index (χ3v) is 3.22. The van der Waals surface area contributed by atoms with E-state index in [4.69, 9.17) is 9.84 Å². The first-order valence-corrected chi connectivity index (χ1v) is 7.10. The van der Waals surface area contributed by atoms with Crippen LogP contribution in [0.5, 0.6) is 5.75 Å². The van der Waals surface area contributed by atoms with Gasteiger partial charge in [0.25, 0.3) is 0 Å². The Morgan fingerprint density at radius 2 is 1.67 bits per heavy atom. The van der Waals surface area contributed by atoms with Crippen molar-refractivity contribution in [1.29, 1.82) is 0 Å². The molecule has 0 radical (unpaired) electrons. The number of aliphatic hydroxyl groups is 1. The molecule has 1 N–H and O–H groups in total. The van der Waals surface area contributed by atoms with Gasteiger partial charge in [-0.1, -0.05) is 50.0 Å². The Hall–Kier alpha value is -2.24. The summed E-state index contributed by atoms with van der Waals surface area (Å²) in [4.78, 5) is 0. The molecule has 2 aromatic rings. The van der Waals surface area contributed by atoms with Gasteiger partial charge >= 0.3 is 0 Å². The molecule has 0 aliphatic heterocycles. The molecule has 0 amide bonds. The predicted octanol–water partition coefficient (Wildman–Crippen LogP) is 3.73. The quantitative estimate of drug-likeness (QED) is 0.865. The SMILES string of the molecule is CC(C)c1ccc(COc2ccc(C#CCO)cc2)cc1. The van der Waals surface area contributed by atoms with E-state index >= 15 is 0 Å². The fourth-order valence-corrected chi connectivity index (χ4v) is 1.94. The van der Waals surface area contributed by atoms with E-state index in [2.05, 4.69) is 50.0 Å². The first kappa shape index (κ1) is 15.2. The zero-order chi connectivity index (χ0) is 15.1. The van der Waals surface area contributed by atoms with Crippen molar-refractivity contribution in [3.63, 3.8) is 0 Å². The number of benzene rings is 2. The minimum Gasteiger partial charge on any atom is -0.489 e. The molecule has 0 bridgehead atoms. The second-order valence-electron chi connectivity index (χ2n) is 5.17. The van der Waals surface area contributed by atoms with Crippen molar-refractivity contribution in [2.45, 2.75) is 26.4 Å². The van der Waals surface area contributed by atoms with Crippen LogP contribution in [-0.4, -0.2) is 11.7 Å². The lowest BCUT2D eigenvalue weighted by Crippen LogP contribution is -1.96. The summed E-state index contributed by atoms with van der Waals surface area (Å²) in [7, 11) is 0. The third-order valence-electron chi connectivity index (χ3n) is 3.22. The van der Waals surface area contributed by atoms with Crippen molar-refractivity contribution in [3.05, 3.63) is 65.2 Å². The maximum Gasteiger partial charge on any atom is 0.119 e. The fraction of sp³-hybridized carbons (Fsp3) is 0.263. The molecule has 0 heterocycles. The Kier molecular flexibility index (Phi) is 5.43. The summed E-state index contributed by atoms with van der Waals surface area (Å²) in [6.07, 6.45) is 0. The maximum absolute atomic E-state index is 8.65. The van der Waals surface area contributed by atoms with Crippen molar-refractivity contribution in [3.8, 4) is 17.6 Å². The molecule has 0 aromatic heterocycles. The van der Waals surface area contributed by atoms with Gasteiger partial charge in [0.1, 0.15) is 19.0 Å². The highest BCUT2D eigenvalue weighted by atomic mass is 16.5. The van der Waals surface area contributed by atoms with Crippen molar-refractivity contribution in [2.24, 2.45) is 0 Å². The summed E-state index contributed by atoms with van der Waals surface area (Å²) in [5.41, 5.74) is 3.37. The molecule has 0 saturated carbocycles. The summed E-state index contributed by atoms with van der Waals surface area (Å²) in [6, 6.07) is 16.1. The Morgan fingerprint density at radius 3 is 2.24 bits per heavy atom. The Balaban J connectivity index is 1.93. The molecule has 2 nitrogen and oxygen atoms in total. The van der Waals surface area contributed by atoms with Gasteiger partial charge < -0.3 is 9.84 Å². The van der Waals surface area contributed by atoms with Crippen molar-refractivity contribution in [2.75, 3.05) is 6.61 Å². The molecule has 0 saturated heterocycles. The van der Waals surface area contributed by atoms with Gasteiger partial charge in [-0.05, 0) is 41.3 Å². The van der Waals surface area contributed by atoms with Crippen molar-refractivity contribution >= 4 is 0 Å². The minimum atomic E-state index is -0.120. The van der Waals surface area contributed by atoms with E-state index in [1.165, 1.54) is 5.56 Å². The molecular formula is C19H20O2. The molecule has 0 aliphatic carbocycles. The standard InChI is InChI=1S/C19H20O2/c1-15(2)18-9-5-17(6-10-18)14-21-19-11-7-16(8-12-19)4-3-13-20/h5-12,15,20H,13-14H2,1-2H3. The van der Waals surface area contributed by atoms with E-state index < -0.39 is 0 Å². The van der Waals surface area contributed by atoms with E-state index in [-0.39, 0.29) is 6.61 Å². The smallest absolute Gasteiger partial charge is 0.119 e. The monoisotopic (exact) mass is 280 g/mol. The van der Waals surface area contributed by atoms with Crippen LogP contribution in [0.1, 0.15) is 36.5 Å². The second kappa shape index (κ2) is 7.52. The first-order chi connectivity index (χ1) is 10.2. The molecule has 0 spiro atoms. The number of rotatable bonds is 4. The third kappa shape index (κ3) is 4.66. The highest BCUT2D eigenvalue weighted by Crippen LogP contribution is 2.17. The van der Waals surface area contributed by atoms with Gasteiger partial charge in [-0.15, -0.1) is 0 Å². The summed E-state index contributed by atoms with van der Waals surface area (Å²) in [6.45, 7) is 4.81. The van der Waals surface area contributed by atoms with Gasteiger partial charge in [-0.3, -0.25) is 0 Å². The van der Waals surface area contributed by atoms with E-state index in [9.17, 15) is 0 Å². The number of hydrogen-bond acceptors (Lipinski definition) is 2. The lowest BCUT2D eigenvalue weighted by Gasteiger charge is -2.09. The Morgan fingerprint density at radius 1 is 1.00 bits per heavy atom. The number of aliphatic hydroxyl groups excluding tert-OH is 1. The van der Waals surface area contributed by atoms with Crippen LogP contribution in [0.25, 0.3) is 0 Å². The Labute approximate surface area is 126 Å². The van der Waals surface area contributed by atoms with Crippen LogP contribution in [0.15, 0.2) is 48.5 Å². The zero-order valence-corrected chi connectivity index (χ0v) is 12.5. The molecule has 0 aliphatic rings. The molecule has 0 unspecified atom stereocenters. The van der Waals surface area contributed by atoms with Gasteiger partial charge in [0.15, 0.2) is 0 Å². The summed E-state index contributed by atoms with van der Waals surface area (Å²) < 4.78 is 5.75. The summed E-state index contributed by atoms with van der Waals surface area (Å²) in [5.74, 6) is 6.84. The average molecular weight is 280 g/mol. The summed E-state index contributed by atoms with van der Waals surface area (Å²) in [5, 5.41) is 8.65. The largest absolute Gasteiger partial charge is 0.489 e. The van der Waals surface area contributed by atoms with Crippen LogP contribution < -0.4 is 4.74 Å². The lowest BCUT2D eigenvalue weighted by molar-refractivity contribution is 0.306. The van der Waals surface area contributed by atoms with Gasteiger partial charge in [0.05, 0.1) is 0 Å². The van der Waals surface area contributed by atoms with Crippen molar-refractivity contribution in [1.82, 2.24) is 0 Å². The van der Waals surface area contributed by atoms with Gasteiger partial charge in [0.2, 0.25) is 0 Å². The zero-order valence-electron chi connectivity index (χ0n) is 12.5. The maximum atomic E-state index is 8.65. The molecule has 0 fully saturated rings. The van der Waals surface area contributed by atoms with Crippen LogP contribution in [0.4, 0.5) is 0 Å². The highest BCUT2D eigenvalue weighted by Gasteiger charge is 2.00. The first-order valence-electron chi connectivity index (χ1n) is 7.10. The molecular weight excluding hydrogens is 260 g/mol. The Bertz CT molecular complexity index is 613. The van der Waals surface area contributed by atoms with Crippen LogP contribution >= 0.6 is 0 Å². The molecule has 0 atom stereocenters. The van der Waals surface area contributed by atoms with Gasteiger partial charge in [-0.2, -0.15) is 0 Å². The van der Waals surface area contributed by atoms with Crippen LogP contribution in [-0.2, 0) is 6.61 Å². The summed E-state index contributed by atoms with van der Waals surface area (Å²) >= 11 is 0.